The summed E-state index contributed by atoms with van der Waals surface area (Å²) in [5.41, 5.74) is 9.82. The van der Waals surface area contributed by atoms with E-state index in [9.17, 15) is 23.2 Å². The molecule has 2 heterocycles. The number of benzene rings is 2. The van der Waals surface area contributed by atoms with Gasteiger partial charge in [-0.25, -0.2) is 8.78 Å². The van der Waals surface area contributed by atoms with Gasteiger partial charge in [0.15, 0.2) is 0 Å². The van der Waals surface area contributed by atoms with Crippen molar-refractivity contribution in [1.82, 2.24) is 9.80 Å². The number of hydrogen-bond donors (Lipinski definition) is 2. The van der Waals surface area contributed by atoms with Crippen LogP contribution in [-0.4, -0.2) is 92.4 Å². The van der Waals surface area contributed by atoms with Gasteiger partial charge in [0.05, 0.1) is 6.04 Å². The van der Waals surface area contributed by atoms with Crippen LogP contribution in [0.1, 0.15) is 80.9 Å². The fourth-order valence-corrected chi connectivity index (χ4v) is 7.19. The highest BCUT2D eigenvalue weighted by molar-refractivity contribution is 5.91. The van der Waals surface area contributed by atoms with E-state index in [1.165, 1.54) is 12.1 Å². The number of anilines is 3. The molecule has 9 nitrogen and oxygen atoms in total. The largest absolute Gasteiger partial charge is 0.398 e. The first-order valence-corrected chi connectivity index (χ1v) is 16.5. The Morgan fingerprint density at radius 2 is 1.57 bits per heavy atom. The minimum Gasteiger partial charge on any atom is -0.398 e. The Kier molecular flexibility index (Phi) is 11.2. The van der Waals surface area contributed by atoms with Crippen LogP contribution in [0, 0.1) is 11.6 Å². The van der Waals surface area contributed by atoms with Crippen LogP contribution in [-0.2, 0) is 14.4 Å². The van der Waals surface area contributed by atoms with Crippen LogP contribution in [0.25, 0.3) is 0 Å². The first-order chi connectivity index (χ1) is 22.2. The molecule has 2 saturated heterocycles. The van der Waals surface area contributed by atoms with Gasteiger partial charge in [-0.2, -0.15) is 0 Å². The zero-order valence-electron chi connectivity index (χ0n) is 26.8. The second-order valence-electron chi connectivity index (χ2n) is 13.2. The molecular weight excluding hydrogens is 590 g/mol. The fourth-order valence-electron chi connectivity index (χ4n) is 7.19. The van der Waals surface area contributed by atoms with Gasteiger partial charge in [0.2, 0.25) is 6.41 Å². The van der Waals surface area contributed by atoms with E-state index in [1.807, 2.05) is 23.2 Å². The highest BCUT2D eigenvalue weighted by Gasteiger charge is 2.36. The summed E-state index contributed by atoms with van der Waals surface area (Å²) < 4.78 is 29.7. The van der Waals surface area contributed by atoms with Crippen LogP contribution in [0.3, 0.4) is 0 Å². The Morgan fingerprint density at radius 1 is 0.935 bits per heavy atom. The van der Waals surface area contributed by atoms with Gasteiger partial charge in [0.1, 0.15) is 24.2 Å². The van der Waals surface area contributed by atoms with Crippen molar-refractivity contribution in [3.8, 4) is 0 Å². The van der Waals surface area contributed by atoms with Crippen LogP contribution >= 0.6 is 0 Å². The van der Waals surface area contributed by atoms with Crippen molar-refractivity contribution in [2.75, 3.05) is 55.2 Å². The van der Waals surface area contributed by atoms with Gasteiger partial charge in [-0.1, -0.05) is 13.8 Å². The molecule has 11 heteroatoms. The van der Waals surface area contributed by atoms with E-state index in [0.29, 0.717) is 55.5 Å². The van der Waals surface area contributed by atoms with Crippen molar-refractivity contribution in [2.24, 2.45) is 4.99 Å². The third kappa shape index (κ3) is 7.63. The van der Waals surface area contributed by atoms with E-state index in [-0.39, 0.29) is 30.4 Å². The summed E-state index contributed by atoms with van der Waals surface area (Å²) in [6.07, 6.45) is 8.15. The zero-order chi connectivity index (χ0) is 32.8. The molecule has 0 aromatic heterocycles. The van der Waals surface area contributed by atoms with E-state index in [1.54, 1.807) is 0 Å². The molecule has 3 aliphatic rings. The molecule has 3 fully saturated rings. The van der Waals surface area contributed by atoms with Crippen molar-refractivity contribution in [3.63, 3.8) is 0 Å². The van der Waals surface area contributed by atoms with E-state index in [2.05, 4.69) is 29.0 Å². The number of aliphatic imine (C=N–C) groups is 1. The number of carbonyl (C=O) groups is 3. The SMILES string of the molecule is CC(C)c1cc(N)c(C=NC2CCC(N3CCN(C4CN(c5cc(F)c([C@H](C=O)CCC=O)c(F)c5)C4)CC3)CC2)cc1NC=O. The molecule has 0 bridgehead atoms. The van der Waals surface area contributed by atoms with Crippen molar-refractivity contribution >= 4 is 42.3 Å². The minimum absolute atomic E-state index is 0.0782. The Morgan fingerprint density at radius 3 is 2.13 bits per heavy atom. The maximum atomic E-state index is 14.9. The highest BCUT2D eigenvalue weighted by atomic mass is 19.1. The van der Waals surface area contributed by atoms with Gasteiger partial charge >= 0.3 is 0 Å². The lowest BCUT2D eigenvalue weighted by Gasteiger charge is -2.50. The predicted octanol–water partition coefficient (Wildman–Crippen LogP) is 4.74. The molecule has 1 saturated carbocycles. The standard InChI is InChI=1S/C35H46F2N6O3/c1-23(2)30-17-33(38)25(14-34(30)40-22-46)18-39-26-5-7-27(8-6-26)41-9-11-42(12-10-41)29-19-43(20-29)28-15-31(36)35(32(37)16-28)24(21-45)4-3-13-44/h13-18,21-24,26-27,29H,3-12,19-20,38H2,1-2H3,(H,40,46)/t24-,26?,27?/m0/s1. The number of nitrogens with zero attached hydrogens (tertiary/aromatic N) is 4. The number of carbonyl (C=O) groups excluding carboxylic acids is 3. The van der Waals surface area contributed by atoms with Crippen LogP contribution in [0.15, 0.2) is 29.3 Å². The number of nitrogen functional groups attached to an aromatic ring is 1. The average Bonchev–Trinajstić information content (AvgIpc) is 3.02. The van der Waals surface area contributed by atoms with Gasteiger partial charge in [0.25, 0.3) is 0 Å². The maximum absolute atomic E-state index is 14.9. The van der Waals surface area contributed by atoms with Crippen molar-refractivity contribution < 1.29 is 23.2 Å². The Balaban J connectivity index is 1.07. The van der Waals surface area contributed by atoms with Crippen molar-refractivity contribution in [3.05, 3.63) is 52.6 Å². The molecule has 1 atom stereocenters. The molecule has 0 spiro atoms. The summed E-state index contributed by atoms with van der Waals surface area (Å²) in [6.45, 7) is 9.51. The van der Waals surface area contributed by atoms with E-state index in [4.69, 9.17) is 10.7 Å². The van der Waals surface area contributed by atoms with Gasteiger partial charge in [-0.05, 0) is 67.9 Å². The average molecular weight is 637 g/mol. The van der Waals surface area contributed by atoms with Crippen molar-refractivity contribution in [2.45, 2.75) is 82.3 Å². The molecule has 1 aliphatic carbocycles. The maximum Gasteiger partial charge on any atom is 0.211 e. The number of rotatable bonds is 13. The van der Waals surface area contributed by atoms with E-state index in [0.717, 1.165) is 68.7 Å². The quantitative estimate of drug-likeness (QED) is 0.186. The number of nitrogens with two attached hydrogens (primary N) is 1. The normalized spacial score (nSPS) is 22.2. The van der Waals surface area contributed by atoms with Crippen LogP contribution in [0.4, 0.5) is 25.8 Å². The fraction of sp³-hybridized carbons (Fsp3) is 0.543. The lowest BCUT2D eigenvalue weighted by atomic mass is 9.90. The lowest BCUT2D eigenvalue weighted by molar-refractivity contribution is -0.110. The second-order valence-corrected chi connectivity index (χ2v) is 13.2. The predicted molar refractivity (Wildman–Crippen MR) is 178 cm³/mol. The third-order valence-electron chi connectivity index (χ3n) is 9.99. The Bertz CT molecular complexity index is 1390. The first-order valence-electron chi connectivity index (χ1n) is 16.5. The van der Waals surface area contributed by atoms with Gasteiger partial charge in [0, 0.05) is 98.1 Å². The molecule has 2 aliphatic heterocycles. The van der Waals surface area contributed by atoms with Gasteiger partial charge in [-0.3, -0.25) is 19.6 Å². The van der Waals surface area contributed by atoms with E-state index < -0.39 is 17.6 Å². The molecular formula is C35H46F2N6O3. The third-order valence-corrected chi connectivity index (χ3v) is 9.99. The Hall–Kier alpha value is -3.70. The van der Waals surface area contributed by atoms with Crippen LogP contribution in [0.2, 0.25) is 0 Å². The second kappa shape index (κ2) is 15.3. The zero-order valence-corrected chi connectivity index (χ0v) is 26.8. The number of piperazine rings is 1. The summed E-state index contributed by atoms with van der Waals surface area (Å²) in [4.78, 5) is 45.1. The molecule has 2 aromatic carbocycles. The van der Waals surface area contributed by atoms with Gasteiger partial charge < -0.3 is 25.5 Å². The summed E-state index contributed by atoms with van der Waals surface area (Å²) in [5, 5.41) is 2.79. The number of amides is 1. The monoisotopic (exact) mass is 636 g/mol. The molecule has 0 radical (unpaired) electrons. The topological polar surface area (TPSA) is 111 Å². The number of halogens is 2. The number of hydrogen-bond acceptors (Lipinski definition) is 8. The highest BCUT2D eigenvalue weighted by Crippen LogP contribution is 2.33. The molecule has 248 valence electrons. The lowest BCUT2D eigenvalue weighted by Crippen LogP contribution is -2.64. The first kappa shape index (κ1) is 33.7. The minimum atomic E-state index is -0.962. The summed E-state index contributed by atoms with van der Waals surface area (Å²) in [6, 6.07) is 7.61. The molecule has 5 rings (SSSR count). The van der Waals surface area contributed by atoms with E-state index >= 15 is 0 Å². The van der Waals surface area contributed by atoms with Gasteiger partial charge in [-0.15, -0.1) is 0 Å². The smallest absolute Gasteiger partial charge is 0.211 e. The van der Waals surface area contributed by atoms with Crippen molar-refractivity contribution in [1.29, 1.82) is 0 Å². The van der Waals surface area contributed by atoms with Crippen LogP contribution in [0.5, 0.6) is 0 Å². The number of nitrogens with one attached hydrogen (secondary N) is 1. The Labute approximate surface area is 270 Å². The van der Waals surface area contributed by atoms with Crippen LogP contribution < -0.4 is 16.0 Å². The summed E-state index contributed by atoms with van der Waals surface area (Å²) >= 11 is 0. The molecule has 0 unspecified atom stereocenters. The molecule has 3 N–H and O–H groups in total. The summed E-state index contributed by atoms with van der Waals surface area (Å²) in [5.74, 6) is -2.19. The molecule has 2 aromatic rings. The molecule has 46 heavy (non-hydrogen) atoms. The summed E-state index contributed by atoms with van der Waals surface area (Å²) in [7, 11) is 0. The number of aldehydes is 2. The molecule has 1 amide bonds.